The molecule has 4 fully saturated rings. The molecule has 0 spiro atoms. The fraction of sp³-hybridized carbons (Fsp3) is 0.533. The maximum absolute atomic E-state index is 12.3. The molecule has 1 aromatic carbocycles. The van der Waals surface area contributed by atoms with Gasteiger partial charge in [-0.2, -0.15) is 8.42 Å². The van der Waals surface area contributed by atoms with Crippen LogP contribution in [0.1, 0.15) is 10.4 Å². The molecule has 0 amide bonds. The summed E-state index contributed by atoms with van der Waals surface area (Å²) in [4.78, 5) is 12.3. The summed E-state index contributed by atoms with van der Waals surface area (Å²) in [5.41, 5.74) is 0.308. The molecule has 7 atom stereocenters. The van der Waals surface area contributed by atoms with Crippen molar-refractivity contribution in [2.24, 2.45) is 0 Å². The molecule has 3 heterocycles. The molecular weight excluding hydrogens is 356 g/mol. The van der Waals surface area contributed by atoms with Gasteiger partial charge in [0.1, 0.15) is 30.5 Å². The minimum atomic E-state index is -3.85. The normalized spacial score (nSPS) is 39.4. The molecule has 4 aliphatic rings. The second-order valence-electron chi connectivity index (χ2n) is 6.08. The van der Waals surface area contributed by atoms with Crippen molar-refractivity contribution in [1.29, 1.82) is 0 Å². The molecule has 0 unspecified atom stereocenters. The van der Waals surface area contributed by atoms with Crippen LogP contribution in [0.3, 0.4) is 0 Å². The number of carbonyl (C=O) groups excluding carboxylic acids is 1. The van der Waals surface area contributed by atoms with E-state index in [1.165, 1.54) is 0 Å². The molecule has 9 nitrogen and oxygen atoms in total. The van der Waals surface area contributed by atoms with Gasteiger partial charge in [0.25, 0.3) is 16.6 Å². The third-order valence-corrected chi connectivity index (χ3v) is 4.88. The zero-order valence-electron chi connectivity index (χ0n) is 13.0. The van der Waals surface area contributed by atoms with E-state index in [-0.39, 0.29) is 0 Å². The zero-order valence-corrected chi connectivity index (χ0v) is 13.9. The highest BCUT2D eigenvalue weighted by Crippen LogP contribution is 2.42. The van der Waals surface area contributed by atoms with Gasteiger partial charge >= 0.3 is 5.97 Å². The van der Waals surface area contributed by atoms with Gasteiger partial charge in [0.15, 0.2) is 6.10 Å². The fourth-order valence-electron chi connectivity index (χ4n) is 3.30. The van der Waals surface area contributed by atoms with E-state index in [0.29, 0.717) is 5.56 Å². The summed E-state index contributed by atoms with van der Waals surface area (Å²) < 4.78 is 49.7. The summed E-state index contributed by atoms with van der Waals surface area (Å²) in [6.07, 6.45) is -5.31. The Labute approximate surface area is 143 Å². The minimum absolute atomic E-state index is 0.308. The fourth-order valence-corrected chi connectivity index (χ4v) is 3.92. The summed E-state index contributed by atoms with van der Waals surface area (Å²) in [7, 11) is -3.85. The summed E-state index contributed by atoms with van der Waals surface area (Å²) in [6.45, 7) is -1.06. The third-order valence-electron chi connectivity index (χ3n) is 4.31. The Morgan fingerprint density at radius 2 is 1.64 bits per heavy atom. The van der Waals surface area contributed by atoms with Crippen molar-refractivity contribution in [2.75, 3.05) is 6.26 Å². The van der Waals surface area contributed by atoms with Crippen LogP contribution in [-0.2, 0) is 33.2 Å². The van der Waals surface area contributed by atoms with Gasteiger partial charge in [0.2, 0.25) is 0 Å². The quantitative estimate of drug-likeness (QED) is 0.546. The van der Waals surface area contributed by atoms with Gasteiger partial charge in [-0.1, -0.05) is 18.2 Å². The number of rotatable bonds is 4. The Morgan fingerprint density at radius 3 is 2.28 bits per heavy atom. The number of aliphatic hydroxyl groups is 1. The van der Waals surface area contributed by atoms with Gasteiger partial charge in [0.05, 0.1) is 11.8 Å². The van der Waals surface area contributed by atoms with Crippen LogP contribution >= 0.6 is 0 Å². The van der Waals surface area contributed by atoms with E-state index in [1.807, 2.05) is 0 Å². The highest BCUT2D eigenvalue weighted by molar-refractivity contribution is 7.86. The van der Waals surface area contributed by atoms with Crippen LogP contribution in [0.5, 0.6) is 0 Å². The van der Waals surface area contributed by atoms with Crippen molar-refractivity contribution in [3.8, 4) is 0 Å². The van der Waals surface area contributed by atoms with E-state index in [9.17, 15) is 18.3 Å². The molecule has 10 heteroatoms. The molecule has 3 aliphatic heterocycles. The summed E-state index contributed by atoms with van der Waals surface area (Å²) in [6, 6.07) is 8.26. The van der Waals surface area contributed by atoms with Crippen molar-refractivity contribution < 1.29 is 41.4 Å². The molecule has 4 bridgehead atoms. The van der Waals surface area contributed by atoms with Gasteiger partial charge in [-0.3, -0.25) is 4.18 Å². The Bertz CT molecular complexity index is 764. The Balaban J connectivity index is 1.60. The Morgan fingerprint density at radius 1 is 1.04 bits per heavy atom. The Hall–Kier alpha value is -1.56. The molecule has 1 N–H and O–H groups in total. The average Bonchev–Trinajstić information content (AvgIpc) is 2.57. The monoisotopic (exact) mass is 372 g/mol. The van der Waals surface area contributed by atoms with Gasteiger partial charge in [-0.25, -0.2) is 4.79 Å². The van der Waals surface area contributed by atoms with Crippen LogP contribution in [0.15, 0.2) is 30.3 Å². The van der Waals surface area contributed by atoms with E-state index < -0.39 is 59.2 Å². The average molecular weight is 372 g/mol. The predicted molar refractivity (Wildman–Crippen MR) is 79.8 cm³/mol. The van der Waals surface area contributed by atoms with Gasteiger partial charge in [0, 0.05) is 0 Å². The highest BCUT2D eigenvalue weighted by Gasteiger charge is 2.64. The highest BCUT2D eigenvalue weighted by atomic mass is 32.2. The molecule has 0 radical (unpaired) electrons. The van der Waals surface area contributed by atoms with Crippen LogP contribution < -0.4 is 0 Å². The van der Waals surface area contributed by atoms with Crippen LogP contribution in [0.4, 0.5) is 0 Å². The number of carbonyl (C=O) groups is 1. The van der Waals surface area contributed by atoms with Crippen LogP contribution in [0.2, 0.25) is 0 Å². The lowest BCUT2D eigenvalue weighted by Gasteiger charge is -2.56. The topological polar surface area (TPSA) is 118 Å². The molecule has 1 aromatic rings. The summed E-state index contributed by atoms with van der Waals surface area (Å²) in [5.74, 6) is -0.642. The number of benzene rings is 1. The minimum Gasteiger partial charge on any atom is -0.453 e. The number of aliphatic hydroxyl groups excluding tert-OH is 1. The Kier molecular flexibility index (Phi) is 4.06. The van der Waals surface area contributed by atoms with Crippen LogP contribution in [0.25, 0.3) is 0 Å². The van der Waals surface area contributed by atoms with Crippen molar-refractivity contribution in [3.63, 3.8) is 0 Å². The molecule has 25 heavy (non-hydrogen) atoms. The molecule has 1 aliphatic carbocycles. The molecule has 136 valence electrons. The standard InChI is InChI=1S/C15H16O9S/c1-25(18,19)24-13-10-8(16)9-11(12(13)23-15(21-9)22-10)20-14(17)7-5-3-2-4-6-7/h2-6,8-13,15-16H,1H3/t8-,9+,10-,11+,12+,13+,15-/m1/s1. The lowest BCUT2D eigenvalue weighted by atomic mass is 9.82. The largest absolute Gasteiger partial charge is 0.453 e. The third kappa shape index (κ3) is 3.05. The summed E-state index contributed by atoms with van der Waals surface area (Å²) >= 11 is 0. The smallest absolute Gasteiger partial charge is 0.338 e. The molecular formula is C15H16O9S. The van der Waals surface area contributed by atoms with E-state index in [2.05, 4.69) is 0 Å². The van der Waals surface area contributed by atoms with Crippen LogP contribution in [0, 0.1) is 0 Å². The van der Waals surface area contributed by atoms with Gasteiger partial charge in [-0.15, -0.1) is 0 Å². The zero-order chi connectivity index (χ0) is 17.8. The lowest BCUT2D eigenvalue weighted by molar-refractivity contribution is -0.477. The molecule has 5 rings (SSSR count). The molecule has 1 saturated carbocycles. The summed E-state index contributed by atoms with van der Waals surface area (Å²) in [5, 5.41) is 10.4. The van der Waals surface area contributed by atoms with Crippen LogP contribution in [-0.4, -0.2) is 68.8 Å². The van der Waals surface area contributed by atoms with E-state index in [4.69, 9.17) is 23.1 Å². The van der Waals surface area contributed by atoms with Crippen molar-refractivity contribution >= 4 is 16.1 Å². The van der Waals surface area contributed by atoms with Crippen molar-refractivity contribution in [3.05, 3.63) is 35.9 Å². The molecule has 3 saturated heterocycles. The van der Waals surface area contributed by atoms with E-state index in [0.717, 1.165) is 6.26 Å². The first-order chi connectivity index (χ1) is 11.8. The van der Waals surface area contributed by atoms with E-state index in [1.54, 1.807) is 30.3 Å². The maximum Gasteiger partial charge on any atom is 0.338 e. The SMILES string of the molecule is CS(=O)(=O)O[C@@H]1[C@H]2O[C@H]3O[C@@H]1[C@H](O)[C@H](O3)[C@@H]2OC(=O)c1ccccc1. The second kappa shape index (κ2) is 6.01. The first-order valence-electron chi connectivity index (χ1n) is 7.62. The van der Waals surface area contributed by atoms with E-state index >= 15 is 0 Å². The molecule has 0 aromatic heterocycles. The van der Waals surface area contributed by atoms with Crippen molar-refractivity contribution in [2.45, 2.75) is 43.1 Å². The predicted octanol–water partition coefficient (Wildman–Crippen LogP) is -0.602. The lowest BCUT2D eigenvalue weighted by Crippen LogP contribution is -2.76. The number of esters is 1. The van der Waals surface area contributed by atoms with Gasteiger partial charge in [-0.05, 0) is 12.1 Å². The maximum atomic E-state index is 12.3. The first-order valence-corrected chi connectivity index (χ1v) is 9.44. The second-order valence-corrected chi connectivity index (χ2v) is 7.68. The van der Waals surface area contributed by atoms with Gasteiger partial charge < -0.3 is 24.1 Å². The number of ether oxygens (including phenoxy) is 4. The van der Waals surface area contributed by atoms with Crippen molar-refractivity contribution in [1.82, 2.24) is 0 Å². The first kappa shape index (κ1) is 16.9. The number of hydrogen-bond acceptors (Lipinski definition) is 9. The number of hydrogen-bond donors (Lipinski definition) is 1.